The van der Waals surface area contributed by atoms with Gasteiger partial charge in [-0.15, -0.1) is 0 Å². The summed E-state index contributed by atoms with van der Waals surface area (Å²) in [5, 5.41) is 3.11. The number of carbonyl (C=O) groups is 2. The SMILES string of the molecule is CC(CN)CCC(=O)N1CCC(NC(=O)C2CC2)CC1. The molecule has 0 radical (unpaired) electrons. The maximum Gasteiger partial charge on any atom is 0.223 e. The molecule has 0 aromatic carbocycles. The maximum absolute atomic E-state index is 12.1. The zero-order valence-electron chi connectivity index (χ0n) is 12.4. The lowest BCUT2D eigenvalue weighted by molar-refractivity contribution is -0.132. The van der Waals surface area contributed by atoms with E-state index < -0.39 is 0 Å². The zero-order chi connectivity index (χ0) is 14.5. The molecule has 0 spiro atoms. The summed E-state index contributed by atoms with van der Waals surface area (Å²) in [6.45, 7) is 4.26. The molecule has 1 saturated carbocycles. The van der Waals surface area contributed by atoms with Crippen molar-refractivity contribution in [2.75, 3.05) is 19.6 Å². The second kappa shape index (κ2) is 7.07. The van der Waals surface area contributed by atoms with E-state index >= 15 is 0 Å². The Morgan fingerprint density at radius 1 is 1.25 bits per heavy atom. The number of piperidine rings is 1. The summed E-state index contributed by atoms with van der Waals surface area (Å²) >= 11 is 0. The van der Waals surface area contributed by atoms with Gasteiger partial charge in [-0.3, -0.25) is 9.59 Å². The summed E-state index contributed by atoms with van der Waals surface area (Å²) in [7, 11) is 0. The van der Waals surface area contributed by atoms with Crippen LogP contribution in [0, 0.1) is 11.8 Å². The molecule has 114 valence electrons. The largest absolute Gasteiger partial charge is 0.353 e. The normalized spacial score (nSPS) is 21.6. The molecule has 0 aromatic rings. The summed E-state index contributed by atoms with van der Waals surface area (Å²) in [4.78, 5) is 25.7. The van der Waals surface area contributed by atoms with Crippen molar-refractivity contribution in [1.82, 2.24) is 10.2 Å². The van der Waals surface area contributed by atoms with Crippen molar-refractivity contribution in [2.24, 2.45) is 17.6 Å². The van der Waals surface area contributed by atoms with Crippen molar-refractivity contribution >= 4 is 11.8 Å². The number of hydrogen-bond donors (Lipinski definition) is 2. The Kier molecular flexibility index (Phi) is 5.40. The Morgan fingerprint density at radius 3 is 2.45 bits per heavy atom. The summed E-state index contributed by atoms with van der Waals surface area (Å²) in [6.07, 6.45) is 5.32. The van der Waals surface area contributed by atoms with Gasteiger partial charge in [0.05, 0.1) is 0 Å². The van der Waals surface area contributed by atoms with Gasteiger partial charge in [0.2, 0.25) is 11.8 Å². The van der Waals surface area contributed by atoms with Crippen LogP contribution in [0.15, 0.2) is 0 Å². The maximum atomic E-state index is 12.1. The van der Waals surface area contributed by atoms with Crippen molar-refractivity contribution < 1.29 is 9.59 Å². The highest BCUT2D eigenvalue weighted by molar-refractivity contribution is 5.81. The van der Waals surface area contributed by atoms with Gasteiger partial charge in [-0.1, -0.05) is 6.92 Å². The fraction of sp³-hybridized carbons (Fsp3) is 0.867. The highest BCUT2D eigenvalue weighted by Gasteiger charge is 2.32. The highest BCUT2D eigenvalue weighted by Crippen LogP contribution is 2.29. The van der Waals surface area contributed by atoms with Gasteiger partial charge in [0.15, 0.2) is 0 Å². The molecule has 0 aromatic heterocycles. The van der Waals surface area contributed by atoms with Crippen LogP contribution in [0.5, 0.6) is 0 Å². The monoisotopic (exact) mass is 281 g/mol. The van der Waals surface area contributed by atoms with Crippen LogP contribution in [-0.2, 0) is 9.59 Å². The molecule has 1 heterocycles. The Balaban J connectivity index is 1.65. The van der Waals surface area contributed by atoms with Crippen LogP contribution in [0.25, 0.3) is 0 Å². The second-order valence-electron chi connectivity index (χ2n) is 6.32. The summed E-state index contributed by atoms with van der Waals surface area (Å²) in [5.41, 5.74) is 5.57. The van der Waals surface area contributed by atoms with E-state index in [1.54, 1.807) is 0 Å². The van der Waals surface area contributed by atoms with Crippen LogP contribution < -0.4 is 11.1 Å². The number of amides is 2. The van der Waals surface area contributed by atoms with Crippen LogP contribution >= 0.6 is 0 Å². The van der Waals surface area contributed by atoms with Crippen molar-refractivity contribution in [2.45, 2.75) is 51.5 Å². The second-order valence-corrected chi connectivity index (χ2v) is 6.32. The first-order valence-electron chi connectivity index (χ1n) is 7.88. The third-order valence-electron chi connectivity index (χ3n) is 4.40. The third-order valence-corrected chi connectivity index (χ3v) is 4.40. The highest BCUT2D eigenvalue weighted by atomic mass is 16.2. The van der Waals surface area contributed by atoms with Crippen molar-refractivity contribution in [3.05, 3.63) is 0 Å². The molecule has 1 aliphatic carbocycles. The van der Waals surface area contributed by atoms with Crippen molar-refractivity contribution in [1.29, 1.82) is 0 Å². The Bertz CT molecular complexity index is 347. The lowest BCUT2D eigenvalue weighted by Gasteiger charge is -2.32. The van der Waals surface area contributed by atoms with E-state index in [2.05, 4.69) is 12.2 Å². The van der Waals surface area contributed by atoms with Gasteiger partial charge in [-0.25, -0.2) is 0 Å². The van der Waals surface area contributed by atoms with E-state index in [-0.39, 0.29) is 23.8 Å². The third kappa shape index (κ3) is 4.47. The minimum atomic E-state index is 0.214. The number of nitrogens with one attached hydrogen (secondary N) is 1. The van der Waals surface area contributed by atoms with E-state index in [0.29, 0.717) is 18.9 Å². The molecule has 5 heteroatoms. The first-order valence-corrected chi connectivity index (χ1v) is 7.88. The molecular formula is C15H27N3O2. The lowest BCUT2D eigenvalue weighted by atomic mass is 10.0. The van der Waals surface area contributed by atoms with Crippen LogP contribution in [0.1, 0.15) is 45.4 Å². The molecule has 1 atom stereocenters. The van der Waals surface area contributed by atoms with E-state index in [0.717, 1.165) is 45.2 Å². The van der Waals surface area contributed by atoms with Gasteiger partial charge in [0, 0.05) is 31.5 Å². The molecule has 1 saturated heterocycles. The van der Waals surface area contributed by atoms with Gasteiger partial charge >= 0.3 is 0 Å². The number of rotatable bonds is 6. The van der Waals surface area contributed by atoms with Gasteiger partial charge in [-0.05, 0) is 44.6 Å². The number of likely N-dealkylation sites (tertiary alicyclic amines) is 1. The Hall–Kier alpha value is -1.10. The van der Waals surface area contributed by atoms with Gasteiger partial charge in [0.25, 0.3) is 0 Å². The lowest BCUT2D eigenvalue weighted by Crippen LogP contribution is -2.47. The van der Waals surface area contributed by atoms with Gasteiger partial charge in [-0.2, -0.15) is 0 Å². The molecule has 1 unspecified atom stereocenters. The molecule has 3 N–H and O–H groups in total. The first-order chi connectivity index (χ1) is 9.60. The fourth-order valence-electron chi connectivity index (χ4n) is 2.58. The summed E-state index contributed by atoms with van der Waals surface area (Å²) in [6, 6.07) is 0.259. The Morgan fingerprint density at radius 2 is 1.90 bits per heavy atom. The average molecular weight is 281 g/mol. The van der Waals surface area contributed by atoms with Crippen LogP contribution in [0.3, 0.4) is 0 Å². The quantitative estimate of drug-likeness (QED) is 0.759. The van der Waals surface area contributed by atoms with E-state index in [9.17, 15) is 9.59 Å². The minimum Gasteiger partial charge on any atom is -0.353 e. The van der Waals surface area contributed by atoms with Gasteiger partial charge < -0.3 is 16.0 Å². The fourth-order valence-corrected chi connectivity index (χ4v) is 2.58. The predicted molar refractivity (Wildman–Crippen MR) is 77.9 cm³/mol. The van der Waals surface area contributed by atoms with E-state index in [1.807, 2.05) is 4.90 Å². The van der Waals surface area contributed by atoms with E-state index in [4.69, 9.17) is 5.73 Å². The Labute approximate surface area is 121 Å². The smallest absolute Gasteiger partial charge is 0.223 e. The molecule has 2 rings (SSSR count). The van der Waals surface area contributed by atoms with Crippen LogP contribution in [0.2, 0.25) is 0 Å². The molecule has 2 aliphatic rings. The zero-order valence-corrected chi connectivity index (χ0v) is 12.4. The van der Waals surface area contributed by atoms with Crippen LogP contribution in [-0.4, -0.2) is 42.4 Å². The molecular weight excluding hydrogens is 254 g/mol. The summed E-state index contributed by atoms with van der Waals surface area (Å²) in [5.74, 6) is 1.13. The number of nitrogens with two attached hydrogens (primary N) is 1. The topological polar surface area (TPSA) is 75.4 Å². The molecule has 20 heavy (non-hydrogen) atoms. The molecule has 2 fully saturated rings. The molecule has 0 bridgehead atoms. The van der Waals surface area contributed by atoms with Gasteiger partial charge in [0.1, 0.15) is 0 Å². The van der Waals surface area contributed by atoms with Crippen molar-refractivity contribution in [3.8, 4) is 0 Å². The number of carbonyl (C=O) groups excluding carboxylic acids is 2. The molecule has 2 amide bonds. The standard InChI is InChI=1S/C15H27N3O2/c1-11(10-16)2-5-14(19)18-8-6-13(7-9-18)17-15(20)12-3-4-12/h11-13H,2-10,16H2,1H3,(H,17,20). The number of nitrogens with zero attached hydrogens (tertiary/aromatic N) is 1. The summed E-state index contributed by atoms with van der Waals surface area (Å²) < 4.78 is 0. The average Bonchev–Trinajstić information content (AvgIpc) is 3.29. The van der Waals surface area contributed by atoms with Crippen LogP contribution in [0.4, 0.5) is 0 Å². The predicted octanol–water partition coefficient (Wildman–Crippen LogP) is 0.879. The molecule has 5 nitrogen and oxygen atoms in total. The molecule has 1 aliphatic heterocycles. The first kappa shape index (κ1) is 15.3. The number of hydrogen-bond acceptors (Lipinski definition) is 3. The van der Waals surface area contributed by atoms with E-state index in [1.165, 1.54) is 0 Å². The minimum absolute atomic E-state index is 0.214. The van der Waals surface area contributed by atoms with Crippen molar-refractivity contribution in [3.63, 3.8) is 0 Å².